The Morgan fingerprint density at radius 1 is 0.868 bits per heavy atom. The van der Waals surface area contributed by atoms with Crippen LogP contribution in [0.4, 0.5) is 0 Å². The topological polar surface area (TPSA) is 299 Å². The largest absolute Gasteiger partial charge is 0.508 e. The zero-order chi connectivity index (χ0) is 28.8. The van der Waals surface area contributed by atoms with Crippen molar-refractivity contribution in [1.29, 1.82) is 0 Å². The fourth-order valence-corrected chi connectivity index (χ4v) is 3.16. The molecule has 1 aromatic rings. The molecule has 38 heavy (non-hydrogen) atoms. The van der Waals surface area contributed by atoms with Gasteiger partial charge in [-0.25, -0.2) is 4.79 Å². The number of rotatable bonds is 16. The Bertz CT molecular complexity index is 1010. The van der Waals surface area contributed by atoms with Crippen molar-refractivity contribution >= 4 is 35.6 Å². The third kappa shape index (κ3) is 11.5. The molecule has 0 aliphatic carbocycles. The molecular formula is C22H34N8O8. The number of nitrogens with one attached hydrogen (secondary N) is 3. The molecule has 0 saturated carbocycles. The fraction of sp³-hybridized carbons (Fsp3) is 0.455. The zero-order valence-electron chi connectivity index (χ0n) is 20.5. The number of carbonyl (C=O) groups excluding carboxylic acids is 4. The number of carboxylic acids is 1. The summed E-state index contributed by atoms with van der Waals surface area (Å²) in [4.78, 5) is 65.0. The van der Waals surface area contributed by atoms with E-state index in [1.54, 1.807) is 0 Å². The number of aliphatic hydroxyl groups is 1. The molecule has 16 heteroatoms. The van der Waals surface area contributed by atoms with Crippen LogP contribution >= 0.6 is 0 Å². The lowest BCUT2D eigenvalue weighted by Crippen LogP contribution is -2.58. The molecule has 0 saturated heterocycles. The molecule has 0 aliphatic heterocycles. The van der Waals surface area contributed by atoms with Crippen LogP contribution < -0.4 is 38.9 Å². The van der Waals surface area contributed by atoms with E-state index < -0.39 is 66.8 Å². The quantitative estimate of drug-likeness (QED) is 0.0545. The number of primary amides is 1. The number of nitrogens with zero attached hydrogens (tertiary/aromatic N) is 1. The number of hydrogen-bond acceptors (Lipinski definition) is 9. The minimum absolute atomic E-state index is 0.0224. The normalized spacial score (nSPS) is 13.7. The smallest absolute Gasteiger partial charge is 0.326 e. The number of amides is 4. The molecule has 1 rings (SSSR count). The van der Waals surface area contributed by atoms with Crippen molar-refractivity contribution in [3.8, 4) is 5.75 Å². The second-order valence-corrected chi connectivity index (χ2v) is 8.30. The van der Waals surface area contributed by atoms with Gasteiger partial charge in [-0.05, 0) is 30.5 Å². The number of benzene rings is 1. The van der Waals surface area contributed by atoms with Crippen LogP contribution in [0.2, 0.25) is 0 Å². The molecule has 0 fully saturated rings. The van der Waals surface area contributed by atoms with Crippen molar-refractivity contribution in [2.45, 2.75) is 49.9 Å². The van der Waals surface area contributed by atoms with E-state index in [1.807, 2.05) is 0 Å². The van der Waals surface area contributed by atoms with Crippen LogP contribution in [0.25, 0.3) is 0 Å². The second-order valence-electron chi connectivity index (χ2n) is 8.30. The van der Waals surface area contributed by atoms with Gasteiger partial charge in [-0.15, -0.1) is 0 Å². The van der Waals surface area contributed by atoms with Gasteiger partial charge in [0.25, 0.3) is 0 Å². The molecule has 210 valence electrons. The van der Waals surface area contributed by atoms with Gasteiger partial charge in [0.15, 0.2) is 5.96 Å². The Morgan fingerprint density at radius 3 is 1.95 bits per heavy atom. The monoisotopic (exact) mass is 538 g/mol. The zero-order valence-corrected chi connectivity index (χ0v) is 20.5. The molecule has 14 N–H and O–H groups in total. The number of aromatic hydroxyl groups is 1. The number of hydrogen-bond donors (Lipinski definition) is 10. The van der Waals surface area contributed by atoms with Gasteiger partial charge in [0.1, 0.15) is 29.9 Å². The van der Waals surface area contributed by atoms with Crippen LogP contribution in [0.15, 0.2) is 29.3 Å². The first-order chi connectivity index (χ1) is 17.8. The third-order valence-corrected chi connectivity index (χ3v) is 5.14. The second kappa shape index (κ2) is 15.6. The standard InChI is InChI=1S/C22H34N8O8/c23-13(10-31)18(34)29-15(9-17(24)33)20(36)28-14(2-1-7-27-22(25)26)19(35)30-16(21(37)38)8-11-3-5-12(32)6-4-11/h3-6,13-16,31-32H,1-2,7-10,23H2,(H2,24,33)(H,28,36)(H,29,34)(H,30,35)(H,37,38)(H4,25,26,27). The van der Waals surface area contributed by atoms with Gasteiger partial charge in [-0.3, -0.25) is 24.2 Å². The van der Waals surface area contributed by atoms with E-state index in [2.05, 4.69) is 20.9 Å². The number of aliphatic carboxylic acids is 1. The minimum atomic E-state index is -1.53. The van der Waals surface area contributed by atoms with Crippen molar-refractivity contribution in [3.63, 3.8) is 0 Å². The molecular weight excluding hydrogens is 504 g/mol. The van der Waals surface area contributed by atoms with Crippen LogP contribution in [-0.4, -0.2) is 88.2 Å². The molecule has 0 heterocycles. The van der Waals surface area contributed by atoms with Gasteiger partial charge in [0, 0.05) is 13.0 Å². The maximum atomic E-state index is 13.0. The highest BCUT2D eigenvalue weighted by Gasteiger charge is 2.31. The van der Waals surface area contributed by atoms with E-state index in [9.17, 15) is 34.2 Å². The summed E-state index contributed by atoms with van der Waals surface area (Å²) in [6.45, 7) is -0.644. The Morgan fingerprint density at radius 2 is 1.42 bits per heavy atom. The van der Waals surface area contributed by atoms with Crippen LogP contribution in [0, 0.1) is 0 Å². The molecule has 0 radical (unpaired) electrons. The fourth-order valence-electron chi connectivity index (χ4n) is 3.16. The van der Waals surface area contributed by atoms with Crippen LogP contribution in [-0.2, 0) is 30.4 Å². The number of nitrogens with two attached hydrogens (primary N) is 4. The van der Waals surface area contributed by atoms with Crippen molar-refractivity contribution < 1.29 is 39.3 Å². The Balaban J connectivity index is 3.08. The molecule has 0 aromatic heterocycles. The summed E-state index contributed by atoms with van der Waals surface area (Å²) >= 11 is 0. The number of guanidine groups is 1. The summed E-state index contributed by atoms with van der Waals surface area (Å²) in [5.74, 6) is -5.31. The van der Waals surface area contributed by atoms with E-state index in [4.69, 9.17) is 28.0 Å². The first kappa shape index (κ1) is 31.6. The summed E-state index contributed by atoms with van der Waals surface area (Å²) in [5, 5.41) is 35.0. The number of aliphatic hydroxyl groups excluding tert-OH is 1. The van der Waals surface area contributed by atoms with Gasteiger partial charge >= 0.3 is 5.97 Å². The van der Waals surface area contributed by atoms with Gasteiger partial charge in [-0.2, -0.15) is 0 Å². The van der Waals surface area contributed by atoms with E-state index in [1.165, 1.54) is 24.3 Å². The number of carbonyl (C=O) groups is 5. The summed E-state index contributed by atoms with van der Waals surface area (Å²) in [6, 6.07) is 0.0632. The first-order valence-electron chi connectivity index (χ1n) is 11.5. The highest BCUT2D eigenvalue weighted by molar-refractivity contribution is 5.96. The van der Waals surface area contributed by atoms with Gasteiger partial charge in [0.05, 0.1) is 13.0 Å². The van der Waals surface area contributed by atoms with Gasteiger partial charge < -0.3 is 54.2 Å². The lowest BCUT2D eigenvalue weighted by Gasteiger charge is -2.24. The summed E-state index contributed by atoms with van der Waals surface area (Å²) in [5.41, 5.74) is 21.7. The highest BCUT2D eigenvalue weighted by Crippen LogP contribution is 2.12. The Labute approximate surface area is 217 Å². The van der Waals surface area contributed by atoms with Crippen molar-refractivity contribution in [3.05, 3.63) is 29.8 Å². The van der Waals surface area contributed by atoms with E-state index >= 15 is 0 Å². The van der Waals surface area contributed by atoms with Crippen molar-refractivity contribution in [2.24, 2.45) is 27.9 Å². The van der Waals surface area contributed by atoms with E-state index in [0.29, 0.717) is 5.56 Å². The Hall–Kier alpha value is -4.44. The van der Waals surface area contributed by atoms with Crippen molar-refractivity contribution in [2.75, 3.05) is 13.2 Å². The van der Waals surface area contributed by atoms with E-state index in [0.717, 1.165) is 0 Å². The molecule has 4 unspecified atom stereocenters. The minimum Gasteiger partial charge on any atom is -0.508 e. The summed E-state index contributed by atoms with van der Waals surface area (Å²) in [7, 11) is 0. The van der Waals surface area contributed by atoms with Crippen LogP contribution in [0.1, 0.15) is 24.8 Å². The summed E-state index contributed by atoms with van der Waals surface area (Å²) in [6.07, 6.45) is -0.631. The SMILES string of the molecule is NC(=O)CC(NC(=O)C(N)CO)C(=O)NC(CCCN=C(N)N)C(=O)NC(Cc1ccc(O)cc1)C(=O)O. The predicted molar refractivity (Wildman–Crippen MR) is 134 cm³/mol. The third-order valence-electron chi connectivity index (χ3n) is 5.14. The summed E-state index contributed by atoms with van der Waals surface area (Å²) < 4.78 is 0. The highest BCUT2D eigenvalue weighted by atomic mass is 16.4. The van der Waals surface area contributed by atoms with Crippen molar-refractivity contribution in [1.82, 2.24) is 16.0 Å². The molecule has 16 nitrogen and oxygen atoms in total. The molecule has 4 amide bonds. The molecule has 1 aromatic carbocycles. The number of aliphatic imine (C=N–C) groups is 1. The molecule has 0 aliphatic rings. The van der Waals surface area contributed by atoms with E-state index in [-0.39, 0.29) is 37.5 Å². The predicted octanol–water partition coefficient (Wildman–Crippen LogP) is -4.28. The average Bonchev–Trinajstić information content (AvgIpc) is 2.84. The lowest BCUT2D eigenvalue weighted by atomic mass is 10.0. The molecule has 0 bridgehead atoms. The average molecular weight is 539 g/mol. The van der Waals surface area contributed by atoms with Gasteiger partial charge in [-0.1, -0.05) is 12.1 Å². The first-order valence-corrected chi connectivity index (χ1v) is 11.5. The maximum Gasteiger partial charge on any atom is 0.326 e. The lowest BCUT2D eigenvalue weighted by molar-refractivity contribution is -0.142. The van der Waals surface area contributed by atoms with Crippen LogP contribution in [0.3, 0.4) is 0 Å². The number of phenolic OH excluding ortho intramolecular Hbond substituents is 1. The number of carboxylic acid groups (broad SMARTS) is 1. The van der Waals surface area contributed by atoms with Crippen LogP contribution in [0.5, 0.6) is 5.75 Å². The molecule has 4 atom stereocenters. The van der Waals surface area contributed by atoms with Gasteiger partial charge in [0.2, 0.25) is 23.6 Å². The Kier molecular flexibility index (Phi) is 13.0. The molecule has 0 spiro atoms. The number of phenols is 1. The maximum absolute atomic E-state index is 13.0.